The minimum atomic E-state index is -4.51. The Bertz CT molecular complexity index is 450. The molecule has 0 aliphatic heterocycles. The predicted molar refractivity (Wildman–Crippen MR) is 44.7 cm³/mol. The van der Waals surface area contributed by atoms with Gasteiger partial charge in [-0.25, -0.2) is 0 Å². The largest absolute Gasteiger partial charge is 0.452 e. The molecule has 15 heavy (non-hydrogen) atoms. The summed E-state index contributed by atoms with van der Waals surface area (Å²) < 4.78 is 40.7. The maximum atomic E-state index is 12.2. The van der Waals surface area contributed by atoms with Gasteiger partial charge in [-0.1, -0.05) is 5.16 Å². The fraction of sp³-hybridized carbons (Fsp3) is 0.111. The molecule has 0 bridgehead atoms. The molecule has 0 aliphatic rings. The fourth-order valence-electron chi connectivity index (χ4n) is 1.06. The maximum Gasteiger partial charge on any atom is 0.452 e. The van der Waals surface area contributed by atoms with E-state index in [1.807, 2.05) is 0 Å². The summed E-state index contributed by atoms with van der Waals surface area (Å²) in [7, 11) is 0. The van der Waals surface area contributed by atoms with Gasteiger partial charge in [0.25, 0.3) is 0 Å². The second-order valence-electron chi connectivity index (χ2n) is 2.82. The van der Waals surface area contributed by atoms with E-state index in [2.05, 4.69) is 14.7 Å². The molecule has 0 fully saturated rings. The van der Waals surface area contributed by atoms with Crippen LogP contribution in [-0.4, -0.2) is 10.1 Å². The standard InChI is InChI=1S/C9H5F3N2O/c10-9(11,12)8-4-7(14-15-8)6-2-1-3-13-5-6/h1-5H. The first-order chi connectivity index (χ1) is 7.07. The molecule has 0 aliphatic carbocycles. The van der Waals surface area contributed by atoms with E-state index in [0.29, 0.717) is 5.56 Å². The molecule has 2 aromatic rings. The van der Waals surface area contributed by atoms with Crippen LogP contribution < -0.4 is 0 Å². The van der Waals surface area contributed by atoms with Crippen molar-refractivity contribution in [2.24, 2.45) is 0 Å². The topological polar surface area (TPSA) is 38.9 Å². The van der Waals surface area contributed by atoms with Crippen LogP contribution in [0.25, 0.3) is 11.3 Å². The number of alkyl halides is 3. The molecule has 0 amide bonds. The van der Waals surface area contributed by atoms with Crippen molar-refractivity contribution < 1.29 is 17.7 Å². The Hall–Kier alpha value is -1.85. The van der Waals surface area contributed by atoms with Gasteiger partial charge < -0.3 is 4.52 Å². The van der Waals surface area contributed by atoms with Crippen molar-refractivity contribution in [3.05, 3.63) is 36.4 Å². The van der Waals surface area contributed by atoms with Crippen molar-refractivity contribution in [1.29, 1.82) is 0 Å². The lowest BCUT2D eigenvalue weighted by atomic mass is 10.2. The predicted octanol–water partition coefficient (Wildman–Crippen LogP) is 2.76. The third-order valence-electron chi connectivity index (χ3n) is 1.75. The second-order valence-corrected chi connectivity index (χ2v) is 2.82. The van der Waals surface area contributed by atoms with Gasteiger partial charge in [-0.2, -0.15) is 13.2 Å². The van der Waals surface area contributed by atoms with Crippen LogP contribution in [-0.2, 0) is 6.18 Å². The zero-order chi connectivity index (χ0) is 10.9. The number of aromatic nitrogens is 2. The van der Waals surface area contributed by atoms with Crippen LogP contribution in [0.2, 0.25) is 0 Å². The van der Waals surface area contributed by atoms with Crippen molar-refractivity contribution in [1.82, 2.24) is 10.1 Å². The molecule has 0 aromatic carbocycles. The van der Waals surface area contributed by atoms with E-state index in [1.54, 1.807) is 12.1 Å². The molecular formula is C9H5F3N2O. The molecule has 0 unspecified atom stereocenters. The van der Waals surface area contributed by atoms with Crippen LogP contribution in [0.3, 0.4) is 0 Å². The molecule has 0 spiro atoms. The Morgan fingerprint density at radius 1 is 1.27 bits per heavy atom. The highest BCUT2D eigenvalue weighted by atomic mass is 19.4. The Balaban J connectivity index is 2.37. The van der Waals surface area contributed by atoms with Crippen LogP contribution >= 0.6 is 0 Å². The Kier molecular flexibility index (Phi) is 2.18. The second kappa shape index (κ2) is 3.38. The lowest BCUT2D eigenvalue weighted by Gasteiger charge is -1.97. The molecule has 78 valence electrons. The minimum Gasteiger partial charge on any atom is -0.351 e. The first-order valence-corrected chi connectivity index (χ1v) is 4.02. The minimum absolute atomic E-state index is 0.121. The van der Waals surface area contributed by atoms with Gasteiger partial charge in [0.1, 0.15) is 5.69 Å². The molecular weight excluding hydrogens is 209 g/mol. The fourth-order valence-corrected chi connectivity index (χ4v) is 1.06. The molecule has 0 saturated heterocycles. The number of nitrogens with zero attached hydrogens (tertiary/aromatic N) is 2. The highest BCUT2D eigenvalue weighted by molar-refractivity contribution is 5.57. The summed E-state index contributed by atoms with van der Waals surface area (Å²) in [5.41, 5.74) is 0.604. The van der Waals surface area contributed by atoms with Crippen molar-refractivity contribution in [2.45, 2.75) is 6.18 Å². The van der Waals surface area contributed by atoms with Gasteiger partial charge in [0, 0.05) is 24.0 Å². The van der Waals surface area contributed by atoms with Crippen LogP contribution in [0.4, 0.5) is 13.2 Å². The van der Waals surface area contributed by atoms with Crippen LogP contribution in [0.1, 0.15) is 5.76 Å². The smallest absolute Gasteiger partial charge is 0.351 e. The lowest BCUT2D eigenvalue weighted by molar-refractivity contribution is -0.155. The quantitative estimate of drug-likeness (QED) is 0.732. The molecule has 0 saturated carbocycles. The average Bonchev–Trinajstić information content (AvgIpc) is 2.67. The molecule has 6 heteroatoms. The van der Waals surface area contributed by atoms with Gasteiger partial charge in [-0.05, 0) is 12.1 Å². The monoisotopic (exact) mass is 214 g/mol. The summed E-state index contributed by atoms with van der Waals surface area (Å²) in [6.07, 6.45) is -1.57. The van der Waals surface area contributed by atoms with Crippen LogP contribution in [0, 0.1) is 0 Å². The lowest BCUT2D eigenvalue weighted by Crippen LogP contribution is -2.02. The summed E-state index contributed by atoms with van der Waals surface area (Å²) in [6, 6.07) is 4.05. The van der Waals surface area contributed by atoms with E-state index in [1.165, 1.54) is 12.4 Å². The summed E-state index contributed by atoms with van der Waals surface area (Å²) in [5.74, 6) is -1.11. The summed E-state index contributed by atoms with van der Waals surface area (Å²) >= 11 is 0. The normalized spacial score (nSPS) is 11.7. The van der Waals surface area contributed by atoms with Crippen molar-refractivity contribution >= 4 is 0 Å². The first-order valence-electron chi connectivity index (χ1n) is 4.02. The van der Waals surface area contributed by atoms with E-state index < -0.39 is 11.9 Å². The molecule has 2 aromatic heterocycles. The molecule has 3 nitrogen and oxygen atoms in total. The molecule has 0 radical (unpaired) electrons. The van der Waals surface area contributed by atoms with E-state index in [4.69, 9.17) is 0 Å². The third kappa shape index (κ3) is 1.98. The van der Waals surface area contributed by atoms with Crippen molar-refractivity contribution in [3.8, 4) is 11.3 Å². The van der Waals surface area contributed by atoms with E-state index in [-0.39, 0.29) is 5.69 Å². The number of hydrogen-bond acceptors (Lipinski definition) is 3. The van der Waals surface area contributed by atoms with Gasteiger partial charge in [-0.15, -0.1) is 0 Å². The van der Waals surface area contributed by atoms with Crippen LogP contribution in [0.5, 0.6) is 0 Å². The van der Waals surface area contributed by atoms with E-state index in [9.17, 15) is 13.2 Å². The third-order valence-corrected chi connectivity index (χ3v) is 1.75. The maximum absolute atomic E-state index is 12.2. The zero-order valence-corrected chi connectivity index (χ0v) is 7.32. The van der Waals surface area contributed by atoms with E-state index in [0.717, 1.165) is 6.07 Å². The average molecular weight is 214 g/mol. The highest BCUT2D eigenvalue weighted by Gasteiger charge is 2.36. The SMILES string of the molecule is FC(F)(F)c1cc(-c2cccnc2)no1. The Morgan fingerprint density at radius 2 is 2.07 bits per heavy atom. The van der Waals surface area contributed by atoms with Gasteiger partial charge in [-0.3, -0.25) is 4.98 Å². The summed E-state index contributed by atoms with van der Waals surface area (Å²) in [6.45, 7) is 0. The Labute approximate surface area is 82.5 Å². The van der Waals surface area contributed by atoms with Crippen LogP contribution in [0.15, 0.2) is 35.1 Å². The Morgan fingerprint density at radius 3 is 2.60 bits per heavy atom. The molecule has 2 heterocycles. The number of hydrogen-bond donors (Lipinski definition) is 0. The van der Waals surface area contributed by atoms with Gasteiger partial charge in [0.05, 0.1) is 0 Å². The van der Waals surface area contributed by atoms with Gasteiger partial charge in [0.15, 0.2) is 0 Å². The number of rotatable bonds is 1. The van der Waals surface area contributed by atoms with E-state index >= 15 is 0 Å². The van der Waals surface area contributed by atoms with Crippen molar-refractivity contribution in [3.63, 3.8) is 0 Å². The van der Waals surface area contributed by atoms with Gasteiger partial charge in [0.2, 0.25) is 5.76 Å². The zero-order valence-electron chi connectivity index (χ0n) is 7.32. The molecule has 0 N–H and O–H groups in total. The highest BCUT2D eigenvalue weighted by Crippen LogP contribution is 2.31. The van der Waals surface area contributed by atoms with Crippen molar-refractivity contribution in [2.75, 3.05) is 0 Å². The summed E-state index contributed by atoms with van der Waals surface area (Å²) in [5, 5.41) is 3.32. The van der Waals surface area contributed by atoms with Gasteiger partial charge >= 0.3 is 6.18 Å². The summed E-state index contributed by atoms with van der Waals surface area (Å²) in [4.78, 5) is 3.77. The molecule has 2 rings (SSSR count). The first kappa shape index (κ1) is 9.70. The molecule has 0 atom stereocenters. The number of pyridine rings is 1. The number of halogens is 3.